The van der Waals surface area contributed by atoms with Crippen LogP contribution in [0.4, 0.5) is 4.79 Å². The summed E-state index contributed by atoms with van der Waals surface area (Å²) < 4.78 is 12.4. The van der Waals surface area contributed by atoms with Crippen molar-refractivity contribution in [3.05, 3.63) is 109 Å². The minimum atomic E-state index is -0.907. The zero-order valence-corrected chi connectivity index (χ0v) is 25.2. The van der Waals surface area contributed by atoms with Gasteiger partial charge in [0.1, 0.15) is 0 Å². The third-order valence-corrected chi connectivity index (χ3v) is 8.38. The molecule has 0 spiro atoms. The Bertz CT molecular complexity index is 1810. The summed E-state index contributed by atoms with van der Waals surface area (Å²) in [5.74, 6) is 0.849. The van der Waals surface area contributed by atoms with E-state index in [0.29, 0.717) is 6.54 Å². The third-order valence-electron chi connectivity index (χ3n) is 8.38. The molecule has 0 saturated carbocycles. The fourth-order valence-electron chi connectivity index (χ4n) is 5.07. The predicted molar refractivity (Wildman–Crippen MR) is 175 cm³/mol. The number of imidazole rings is 1. The molecule has 1 amide bonds. The second-order valence-corrected chi connectivity index (χ2v) is 11.9. The van der Waals surface area contributed by atoms with E-state index in [0.717, 1.165) is 39.1 Å². The van der Waals surface area contributed by atoms with Gasteiger partial charge in [0.15, 0.2) is 5.82 Å². The van der Waals surface area contributed by atoms with E-state index in [1.807, 2.05) is 24.4 Å². The van der Waals surface area contributed by atoms with E-state index in [-0.39, 0.29) is 18.3 Å². The van der Waals surface area contributed by atoms with Gasteiger partial charge in [-0.25, -0.2) is 9.78 Å². The molecule has 8 nitrogen and oxygen atoms in total. The molecule has 0 radical (unpaired) electrons. The number of nitrogens with one attached hydrogen (secondary N) is 2. The van der Waals surface area contributed by atoms with E-state index in [9.17, 15) is 4.79 Å². The van der Waals surface area contributed by atoms with Gasteiger partial charge in [-0.15, -0.1) is 0 Å². The Morgan fingerprint density at radius 1 is 0.864 bits per heavy atom. The molecule has 0 bridgehead atoms. The van der Waals surface area contributed by atoms with Gasteiger partial charge in [0.05, 0.1) is 27.9 Å². The van der Waals surface area contributed by atoms with Gasteiger partial charge in [-0.3, -0.25) is 4.90 Å². The van der Waals surface area contributed by atoms with Crippen LogP contribution < -0.4 is 5.46 Å². The number of carboxylic acid groups (broad SMARTS) is 1. The topological polar surface area (TPSA) is 103 Å². The van der Waals surface area contributed by atoms with Crippen LogP contribution in [-0.2, 0) is 9.31 Å². The van der Waals surface area contributed by atoms with Crippen LogP contribution in [0.1, 0.15) is 27.7 Å². The van der Waals surface area contributed by atoms with Gasteiger partial charge in [-0.1, -0.05) is 66.7 Å². The van der Waals surface area contributed by atoms with Crippen molar-refractivity contribution in [2.24, 2.45) is 0 Å². The van der Waals surface area contributed by atoms with Crippen LogP contribution in [0.15, 0.2) is 109 Å². The van der Waals surface area contributed by atoms with Crippen molar-refractivity contribution in [1.29, 1.82) is 0 Å². The minimum absolute atomic E-state index is 0.338. The number of amides is 1. The van der Waals surface area contributed by atoms with Crippen LogP contribution in [-0.4, -0.2) is 55.9 Å². The maximum atomic E-state index is 10.2. The Kier molecular flexibility index (Phi) is 7.75. The predicted octanol–water partition coefficient (Wildman–Crippen LogP) is 7.24. The maximum Gasteiger partial charge on any atom is 0.494 e. The van der Waals surface area contributed by atoms with E-state index in [2.05, 4.69) is 104 Å². The molecule has 1 fully saturated rings. The molecule has 4 heterocycles. The van der Waals surface area contributed by atoms with Gasteiger partial charge in [-0.05, 0) is 85.8 Å². The molecule has 0 unspecified atom stereocenters. The molecule has 44 heavy (non-hydrogen) atoms. The number of H-pyrrole nitrogens is 2. The summed E-state index contributed by atoms with van der Waals surface area (Å²) in [4.78, 5) is 22.7. The average molecular weight is 587 g/mol. The quantitative estimate of drug-likeness (QED) is 0.193. The van der Waals surface area contributed by atoms with Crippen molar-refractivity contribution in [3.63, 3.8) is 0 Å². The summed E-state index contributed by atoms with van der Waals surface area (Å²) in [7, 11) is -0.341. The van der Waals surface area contributed by atoms with Crippen molar-refractivity contribution in [3.8, 4) is 33.8 Å². The number of nitrogens with zero attached hydrogens (tertiary/aromatic N) is 2. The fraction of sp³-hybridized carbons (Fsp3) is 0.200. The van der Waals surface area contributed by atoms with E-state index in [1.54, 1.807) is 12.2 Å². The Labute approximate surface area is 257 Å². The number of benzene rings is 3. The number of aromatic nitrogens is 3. The monoisotopic (exact) mass is 586 g/mol. The molecule has 0 atom stereocenters. The molecule has 2 aliphatic rings. The highest BCUT2D eigenvalue weighted by molar-refractivity contribution is 6.62. The summed E-state index contributed by atoms with van der Waals surface area (Å²) in [6, 6.07) is 27.5. The smallest absolute Gasteiger partial charge is 0.465 e. The lowest BCUT2D eigenvalue weighted by Gasteiger charge is -2.32. The molecule has 1 saturated heterocycles. The first kappa shape index (κ1) is 29.2. The molecule has 222 valence electrons. The molecule has 3 N–H and O–H groups in total. The zero-order chi connectivity index (χ0) is 30.9. The molecular formula is C35H35BN4O4. The number of fused-ring (bicyclic) bond motifs is 1. The fourth-order valence-corrected chi connectivity index (χ4v) is 5.07. The van der Waals surface area contributed by atoms with Gasteiger partial charge >= 0.3 is 13.2 Å². The minimum Gasteiger partial charge on any atom is -0.465 e. The Balaban J connectivity index is 0.000000329. The standard InChI is InChI=1S/C29H28BN3O2.C6H7NO2/c1-28(2)29(3,4)35-30(34-28)23-14-11-20(12-15-23)19-7-9-21(10-8-19)22-13-16-24-26(18-22)33-27(32-24)25-6-5-17-31-25;8-6(9)7-4-2-1-3-5-7/h5-18,31H,1-4H3,(H,32,33);1-4H,5H2,(H,8,9). The summed E-state index contributed by atoms with van der Waals surface area (Å²) in [6.45, 7) is 8.77. The number of allylic oxidation sites excluding steroid dienone is 2. The van der Waals surface area contributed by atoms with E-state index in [4.69, 9.17) is 19.4 Å². The highest BCUT2D eigenvalue weighted by Gasteiger charge is 2.51. The summed E-state index contributed by atoms with van der Waals surface area (Å²) in [5, 5.41) is 8.38. The van der Waals surface area contributed by atoms with Crippen molar-refractivity contribution >= 4 is 29.7 Å². The Morgan fingerprint density at radius 3 is 2.02 bits per heavy atom. The van der Waals surface area contributed by atoms with E-state index < -0.39 is 6.09 Å². The number of hydrogen-bond acceptors (Lipinski definition) is 4. The van der Waals surface area contributed by atoms with Gasteiger partial charge in [0, 0.05) is 18.9 Å². The van der Waals surface area contributed by atoms with Crippen LogP contribution in [0.5, 0.6) is 0 Å². The first-order chi connectivity index (χ1) is 21.1. The lowest BCUT2D eigenvalue weighted by atomic mass is 9.78. The molecule has 2 aromatic heterocycles. The largest absolute Gasteiger partial charge is 0.494 e. The third kappa shape index (κ3) is 5.97. The van der Waals surface area contributed by atoms with Gasteiger partial charge < -0.3 is 24.4 Å². The zero-order valence-electron chi connectivity index (χ0n) is 25.2. The van der Waals surface area contributed by atoms with E-state index >= 15 is 0 Å². The number of aromatic amines is 2. The molecule has 2 aliphatic heterocycles. The number of hydrogen-bond donors (Lipinski definition) is 3. The molecule has 9 heteroatoms. The molecule has 5 aromatic rings. The van der Waals surface area contributed by atoms with Crippen LogP contribution in [0.25, 0.3) is 44.8 Å². The Hall–Kier alpha value is -4.86. The van der Waals surface area contributed by atoms with Crippen LogP contribution in [0.2, 0.25) is 0 Å². The van der Waals surface area contributed by atoms with Crippen LogP contribution in [0.3, 0.4) is 0 Å². The first-order valence-electron chi connectivity index (χ1n) is 14.6. The average Bonchev–Trinajstić information content (AvgIpc) is 3.76. The first-order valence-corrected chi connectivity index (χ1v) is 14.6. The lowest BCUT2D eigenvalue weighted by molar-refractivity contribution is 0.00578. The van der Waals surface area contributed by atoms with Crippen molar-refractivity contribution < 1.29 is 19.2 Å². The number of carbonyl (C=O) groups is 1. The van der Waals surface area contributed by atoms with E-state index in [1.165, 1.54) is 22.2 Å². The highest BCUT2D eigenvalue weighted by atomic mass is 16.7. The highest BCUT2D eigenvalue weighted by Crippen LogP contribution is 2.36. The normalized spacial score (nSPS) is 16.6. The van der Waals surface area contributed by atoms with Crippen molar-refractivity contribution in [1.82, 2.24) is 19.9 Å². The molecule has 7 rings (SSSR count). The second-order valence-electron chi connectivity index (χ2n) is 11.9. The van der Waals surface area contributed by atoms with Gasteiger partial charge in [0.2, 0.25) is 0 Å². The van der Waals surface area contributed by atoms with Crippen LogP contribution >= 0.6 is 0 Å². The SMILES string of the molecule is CC1(C)OB(c2ccc(-c3ccc(-c4ccc5nc(-c6ccc[nH]6)[nH]c5c4)cc3)cc2)OC1(C)C.O=C(O)N1C=CC=CC1. The van der Waals surface area contributed by atoms with Crippen molar-refractivity contribution in [2.75, 3.05) is 6.54 Å². The van der Waals surface area contributed by atoms with Gasteiger partial charge in [0.25, 0.3) is 0 Å². The van der Waals surface area contributed by atoms with Crippen LogP contribution in [0, 0.1) is 0 Å². The molecule has 0 aliphatic carbocycles. The molecule has 3 aromatic carbocycles. The maximum absolute atomic E-state index is 10.2. The van der Waals surface area contributed by atoms with Gasteiger partial charge in [-0.2, -0.15) is 0 Å². The summed E-state index contributed by atoms with van der Waals surface area (Å²) in [6.07, 6.45) is 7.82. The molecular weight excluding hydrogens is 551 g/mol. The Morgan fingerprint density at radius 2 is 1.48 bits per heavy atom. The summed E-state index contributed by atoms with van der Waals surface area (Å²) in [5.41, 5.74) is 7.98. The lowest BCUT2D eigenvalue weighted by Crippen LogP contribution is -2.41. The number of rotatable bonds is 4. The second kappa shape index (κ2) is 11.7. The summed E-state index contributed by atoms with van der Waals surface area (Å²) >= 11 is 0. The van der Waals surface area contributed by atoms with Crippen molar-refractivity contribution in [2.45, 2.75) is 38.9 Å².